The Balaban J connectivity index is 2.27. The summed E-state index contributed by atoms with van der Waals surface area (Å²) in [6.45, 7) is -0.0869. The molecule has 0 spiro atoms. The number of pyridine rings is 1. The molecule has 1 aliphatic rings. The highest BCUT2D eigenvalue weighted by Crippen LogP contribution is 2.41. The molecule has 1 saturated carbocycles. The van der Waals surface area contributed by atoms with Crippen molar-refractivity contribution < 1.29 is 9.50 Å². The van der Waals surface area contributed by atoms with Crippen molar-refractivity contribution in [1.82, 2.24) is 9.38 Å². The lowest BCUT2D eigenvalue weighted by molar-refractivity contribution is 0.274. The molecule has 2 heterocycles. The molecule has 0 bridgehead atoms. The van der Waals surface area contributed by atoms with Crippen molar-refractivity contribution in [2.24, 2.45) is 0 Å². The standard InChI is InChI=1S/C11H11FN2O/c12-8-3-4-10-13-11(7-1-2-7)9(6-15)14(10)5-8/h3-5,7,15H,1-2,6H2. The second-order valence-electron chi connectivity index (χ2n) is 3.95. The summed E-state index contributed by atoms with van der Waals surface area (Å²) >= 11 is 0. The van der Waals surface area contributed by atoms with Crippen molar-refractivity contribution in [1.29, 1.82) is 0 Å². The van der Waals surface area contributed by atoms with E-state index in [2.05, 4.69) is 4.98 Å². The van der Waals surface area contributed by atoms with Gasteiger partial charge in [0.1, 0.15) is 11.5 Å². The van der Waals surface area contributed by atoms with Gasteiger partial charge < -0.3 is 5.11 Å². The lowest BCUT2D eigenvalue weighted by atomic mass is 10.2. The Morgan fingerprint density at radius 3 is 2.93 bits per heavy atom. The van der Waals surface area contributed by atoms with Gasteiger partial charge in [-0.2, -0.15) is 0 Å². The van der Waals surface area contributed by atoms with E-state index in [9.17, 15) is 9.50 Å². The minimum Gasteiger partial charge on any atom is -0.390 e. The Labute approximate surface area is 86.2 Å². The van der Waals surface area contributed by atoms with Crippen molar-refractivity contribution in [3.8, 4) is 0 Å². The molecule has 0 amide bonds. The third-order valence-corrected chi connectivity index (χ3v) is 2.83. The van der Waals surface area contributed by atoms with Crippen molar-refractivity contribution in [3.63, 3.8) is 0 Å². The number of nitrogens with zero attached hydrogens (tertiary/aromatic N) is 2. The average molecular weight is 206 g/mol. The maximum Gasteiger partial charge on any atom is 0.139 e. The molecule has 0 aliphatic heterocycles. The number of aromatic nitrogens is 2. The fraction of sp³-hybridized carbons (Fsp3) is 0.364. The van der Waals surface area contributed by atoms with Crippen LogP contribution in [-0.2, 0) is 6.61 Å². The Morgan fingerprint density at radius 2 is 2.27 bits per heavy atom. The van der Waals surface area contributed by atoms with Crippen LogP contribution >= 0.6 is 0 Å². The smallest absolute Gasteiger partial charge is 0.139 e. The molecule has 0 aromatic carbocycles. The number of aliphatic hydroxyl groups excluding tert-OH is 1. The molecular formula is C11H11FN2O. The average Bonchev–Trinajstić information content (AvgIpc) is 3.00. The fourth-order valence-corrected chi connectivity index (χ4v) is 1.93. The number of halogens is 1. The molecule has 0 radical (unpaired) electrons. The molecule has 2 aromatic rings. The quantitative estimate of drug-likeness (QED) is 0.814. The van der Waals surface area contributed by atoms with E-state index in [4.69, 9.17) is 0 Å². The summed E-state index contributed by atoms with van der Waals surface area (Å²) in [6.07, 6.45) is 3.62. The predicted octanol–water partition coefficient (Wildman–Crippen LogP) is 1.84. The third-order valence-electron chi connectivity index (χ3n) is 2.83. The van der Waals surface area contributed by atoms with Crippen LogP contribution in [0.15, 0.2) is 18.3 Å². The molecule has 0 unspecified atom stereocenters. The van der Waals surface area contributed by atoms with Gasteiger partial charge in [-0.15, -0.1) is 0 Å². The topological polar surface area (TPSA) is 37.5 Å². The minimum atomic E-state index is -0.308. The van der Waals surface area contributed by atoms with Crippen molar-refractivity contribution in [2.75, 3.05) is 0 Å². The van der Waals surface area contributed by atoms with Crippen LogP contribution in [0.3, 0.4) is 0 Å². The van der Waals surface area contributed by atoms with Crippen LogP contribution in [0.5, 0.6) is 0 Å². The van der Waals surface area contributed by atoms with Gasteiger partial charge in [0.15, 0.2) is 0 Å². The summed E-state index contributed by atoms with van der Waals surface area (Å²) in [5.41, 5.74) is 2.37. The summed E-state index contributed by atoms with van der Waals surface area (Å²) in [6, 6.07) is 3.03. The molecule has 2 aromatic heterocycles. The van der Waals surface area contributed by atoms with Crippen LogP contribution in [0, 0.1) is 5.82 Å². The van der Waals surface area contributed by atoms with Gasteiger partial charge >= 0.3 is 0 Å². The van der Waals surface area contributed by atoms with Crippen molar-refractivity contribution >= 4 is 5.65 Å². The van der Waals surface area contributed by atoms with Crippen molar-refractivity contribution in [2.45, 2.75) is 25.4 Å². The SMILES string of the molecule is OCc1c(C2CC2)nc2ccc(F)cn12. The molecule has 3 rings (SSSR count). The molecule has 0 saturated heterocycles. The van der Waals surface area contributed by atoms with E-state index in [0.29, 0.717) is 11.6 Å². The first-order valence-electron chi connectivity index (χ1n) is 5.07. The summed E-state index contributed by atoms with van der Waals surface area (Å²) in [4.78, 5) is 4.42. The summed E-state index contributed by atoms with van der Waals surface area (Å²) in [7, 11) is 0. The molecule has 3 nitrogen and oxygen atoms in total. The van der Waals surface area contributed by atoms with Crippen LogP contribution in [0.4, 0.5) is 4.39 Å². The second-order valence-corrected chi connectivity index (χ2v) is 3.95. The zero-order chi connectivity index (χ0) is 10.4. The predicted molar refractivity (Wildman–Crippen MR) is 53.0 cm³/mol. The number of fused-ring (bicyclic) bond motifs is 1. The lowest BCUT2D eigenvalue weighted by Gasteiger charge is -1.99. The first-order chi connectivity index (χ1) is 7.29. The highest BCUT2D eigenvalue weighted by Gasteiger charge is 2.29. The van der Waals surface area contributed by atoms with E-state index in [1.165, 1.54) is 12.3 Å². The van der Waals surface area contributed by atoms with Gasteiger partial charge in [-0.25, -0.2) is 9.37 Å². The number of aliphatic hydroxyl groups is 1. The third kappa shape index (κ3) is 1.33. The largest absolute Gasteiger partial charge is 0.390 e. The van der Waals surface area contributed by atoms with E-state index in [1.807, 2.05) is 0 Å². The molecule has 15 heavy (non-hydrogen) atoms. The normalized spacial score (nSPS) is 16.1. The molecule has 78 valence electrons. The van der Waals surface area contributed by atoms with Gasteiger partial charge in [0.25, 0.3) is 0 Å². The van der Waals surface area contributed by atoms with Crippen LogP contribution < -0.4 is 0 Å². The van der Waals surface area contributed by atoms with E-state index in [1.54, 1.807) is 10.5 Å². The molecule has 1 fully saturated rings. The van der Waals surface area contributed by atoms with Gasteiger partial charge in [-0.05, 0) is 25.0 Å². The number of hydrogen-bond acceptors (Lipinski definition) is 2. The second kappa shape index (κ2) is 3.03. The van der Waals surface area contributed by atoms with E-state index < -0.39 is 0 Å². The van der Waals surface area contributed by atoms with Crippen LogP contribution in [-0.4, -0.2) is 14.5 Å². The molecule has 4 heteroatoms. The van der Waals surface area contributed by atoms with Gasteiger partial charge in [0, 0.05) is 12.1 Å². The maximum atomic E-state index is 13.0. The van der Waals surface area contributed by atoms with Gasteiger partial charge in [0.2, 0.25) is 0 Å². The summed E-state index contributed by atoms with van der Waals surface area (Å²) in [5, 5.41) is 9.29. The Morgan fingerprint density at radius 1 is 1.47 bits per heavy atom. The number of imidazole rings is 1. The first kappa shape index (κ1) is 8.85. The molecular weight excluding hydrogens is 195 g/mol. The molecule has 0 atom stereocenters. The Bertz CT molecular complexity index is 517. The van der Waals surface area contributed by atoms with E-state index in [0.717, 1.165) is 24.2 Å². The fourth-order valence-electron chi connectivity index (χ4n) is 1.93. The highest BCUT2D eigenvalue weighted by molar-refractivity contribution is 5.45. The lowest BCUT2D eigenvalue weighted by Crippen LogP contribution is -1.96. The minimum absolute atomic E-state index is 0.0869. The van der Waals surface area contributed by atoms with Gasteiger partial charge in [-0.1, -0.05) is 0 Å². The number of hydrogen-bond donors (Lipinski definition) is 1. The molecule has 1 aliphatic carbocycles. The zero-order valence-corrected chi connectivity index (χ0v) is 8.15. The van der Waals surface area contributed by atoms with Crippen molar-refractivity contribution in [3.05, 3.63) is 35.5 Å². The maximum absolute atomic E-state index is 13.0. The zero-order valence-electron chi connectivity index (χ0n) is 8.15. The monoisotopic (exact) mass is 206 g/mol. The van der Waals surface area contributed by atoms with Crippen LogP contribution in [0.25, 0.3) is 5.65 Å². The van der Waals surface area contributed by atoms with E-state index in [-0.39, 0.29) is 12.4 Å². The highest BCUT2D eigenvalue weighted by atomic mass is 19.1. The van der Waals surface area contributed by atoms with Gasteiger partial charge in [-0.3, -0.25) is 4.40 Å². The van der Waals surface area contributed by atoms with Gasteiger partial charge in [0.05, 0.1) is 18.0 Å². The summed E-state index contributed by atoms with van der Waals surface area (Å²) in [5.74, 6) is 0.159. The Kier molecular flexibility index (Phi) is 1.79. The summed E-state index contributed by atoms with van der Waals surface area (Å²) < 4.78 is 14.7. The van der Waals surface area contributed by atoms with Crippen LogP contribution in [0.1, 0.15) is 30.1 Å². The molecule has 1 N–H and O–H groups in total. The van der Waals surface area contributed by atoms with Crippen LogP contribution in [0.2, 0.25) is 0 Å². The first-order valence-corrected chi connectivity index (χ1v) is 5.07. The number of rotatable bonds is 2. The Hall–Kier alpha value is -1.42. The van der Waals surface area contributed by atoms with E-state index >= 15 is 0 Å².